The molecule has 3 nitrogen and oxygen atoms in total. The molecule has 0 saturated carbocycles. The zero-order valence-electron chi connectivity index (χ0n) is 4.31. The molecular weight excluding hydrogens is 176 g/mol. The minimum Gasteiger partial charge on any atom is -0.469 e. The fourth-order valence-electron chi connectivity index (χ4n) is 0.186. The van der Waals surface area contributed by atoms with Gasteiger partial charge in [-0.2, -0.15) is 0 Å². The highest BCUT2D eigenvalue weighted by atomic mass is 79.9. The molecule has 0 aromatic heterocycles. The Balaban J connectivity index is 3.40. The Morgan fingerprint density at radius 1 is 1.62 bits per heavy atom. The van der Waals surface area contributed by atoms with Crippen molar-refractivity contribution in [1.82, 2.24) is 0 Å². The Hall–Kier alpha value is -0.380. The molecule has 0 aliphatic carbocycles. The standard InChI is InChI=1S/C4H5BrO3/c1-8-4(7)2-3(5)6/h2H2,1H3. The van der Waals surface area contributed by atoms with Gasteiger partial charge in [0.05, 0.1) is 7.11 Å². The monoisotopic (exact) mass is 180 g/mol. The molecule has 0 amide bonds. The van der Waals surface area contributed by atoms with Crippen molar-refractivity contribution in [1.29, 1.82) is 0 Å². The number of carbonyl (C=O) groups excluding carboxylic acids is 2. The number of hydrogen-bond acceptors (Lipinski definition) is 3. The maximum absolute atomic E-state index is 10.1. The summed E-state index contributed by atoms with van der Waals surface area (Å²) in [6, 6.07) is 0. The summed E-state index contributed by atoms with van der Waals surface area (Å²) in [6.45, 7) is 0. The first-order valence-corrected chi connectivity index (χ1v) is 2.71. The summed E-state index contributed by atoms with van der Waals surface area (Å²) in [4.78, 5) is 20.2. The first-order chi connectivity index (χ1) is 3.66. The Morgan fingerprint density at radius 3 is 2.25 bits per heavy atom. The van der Waals surface area contributed by atoms with Crippen molar-refractivity contribution in [2.75, 3.05) is 7.11 Å². The summed E-state index contributed by atoms with van der Waals surface area (Å²) in [7, 11) is 1.23. The molecule has 0 fully saturated rings. The fraction of sp³-hybridized carbons (Fsp3) is 0.500. The van der Waals surface area contributed by atoms with E-state index in [1.54, 1.807) is 0 Å². The van der Waals surface area contributed by atoms with E-state index in [4.69, 9.17) is 0 Å². The summed E-state index contributed by atoms with van der Waals surface area (Å²) in [5.41, 5.74) is 0. The van der Waals surface area contributed by atoms with Crippen LogP contribution in [-0.2, 0) is 14.3 Å². The quantitative estimate of drug-likeness (QED) is 0.353. The average Bonchev–Trinajstić information content (AvgIpc) is 1.65. The van der Waals surface area contributed by atoms with Gasteiger partial charge >= 0.3 is 5.97 Å². The van der Waals surface area contributed by atoms with Gasteiger partial charge in [-0.25, -0.2) is 0 Å². The Bertz CT molecular complexity index is 110. The van der Waals surface area contributed by atoms with Gasteiger partial charge in [0.25, 0.3) is 0 Å². The van der Waals surface area contributed by atoms with E-state index in [0.717, 1.165) is 0 Å². The van der Waals surface area contributed by atoms with Crippen LogP contribution in [0.5, 0.6) is 0 Å². The molecule has 4 heteroatoms. The minimum absolute atomic E-state index is 0.198. The predicted molar refractivity (Wildman–Crippen MR) is 30.6 cm³/mol. The molecule has 0 aromatic rings. The van der Waals surface area contributed by atoms with Gasteiger partial charge in [-0.15, -0.1) is 0 Å². The van der Waals surface area contributed by atoms with Crippen LogP contribution < -0.4 is 0 Å². The minimum atomic E-state index is -0.521. The van der Waals surface area contributed by atoms with Crippen LogP contribution in [0.4, 0.5) is 0 Å². The van der Waals surface area contributed by atoms with Gasteiger partial charge in [0.1, 0.15) is 6.42 Å². The number of halogens is 1. The van der Waals surface area contributed by atoms with Gasteiger partial charge in [-0.3, -0.25) is 9.59 Å². The zero-order valence-corrected chi connectivity index (χ0v) is 5.90. The smallest absolute Gasteiger partial charge is 0.313 e. The number of esters is 1. The van der Waals surface area contributed by atoms with Gasteiger partial charge < -0.3 is 4.74 Å². The lowest BCUT2D eigenvalue weighted by molar-refractivity contribution is -0.141. The summed E-state index contributed by atoms with van der Waals surface area (Å²) >= 11 is 2.58. The van der Waals surface area contributed by atoms with Gasteiger partial charge in [0.2, 0.25) is 4.69 Å². The summed E-state index contributed by atoms with van der Waals surface area (Å²) in [5.74, 6) is -0.521. The number of methoxy groups -OCH3 is 1. The second-order valence-corrected chi connectivity index (χ2v) is 1.99. The van der Waals surface area contributed by atoms with Crippen molar-refractivity contribution >= 4 is 26.6 Å². The maximum Gasteiger partial charge on any atom is 0.313 e. The first-order valence-electron chi connectivity index (χ1n) is 1.92. The molecule has 0 radical (unpaired) electrons. The molecular formula is C4H5BrO3. The molecule has 8 heavy (non-hydrogen) atoms. The molecule has 0 bridgehead atoms. The van der Waals surface area contributed by atoms with E-state index in [2.05, 4.69) is 20.7 Å². The normalized spacial score (nSPS) is 8.25. The lowest BCUT2D eigenvalue weighted by atomic mass is 10.5. The summed E-state index contributed by atoms with van der Waals surface area (Å²) < 4.78 is 3.81. The highest BCUT2D eigenvalue weighted by Gasteiger charge is 2.03. The van der Waals surface area contributed by atoms with Gasteiger partial charge in [0, 0.05) is 0 Å². The molecule has 0 saturated heterocycles. The largest absolute Gasteiger partial charge is 0.469 e. The summed E-state index contributed by atoms with van der Waals surface area (Å²) in [6.07, 6.45) is -0.198. The van der Waals surface area contributed by atoms with E-state index in [1.165, 1.54) is 7.11 Å². The van der Waals surface area contributed by atoms with Crippen LogP contribution in [0.25, 0.3) is 0 Å². The van der Waals surface area contributed by atoms with Gasteiger partial charge in [-0.1, -0.05) is 0 Å². The fourth-order valence-corrected chi connectivity index (χ4v) is 0.415. The molecule has 0 aromatic carbocycles. The van der Waals surface area contributed by atoms with Crippen LogP contribution in [0.3, 0.4) is 0 Å². The Morgan fingerprint density at radius 2 is 2.12 bits per heavy atom. The molecule has 0 N–H and O–H groups in total. The van der Waals surface area contributed by atoms with Crippen LogP contribution in [0.2, 0.25) is 0 Å². The molecule has 0 atom stereocenters. The molecule has 46 valence electrons. The van der Waals surface area contributed by atoms with E-state index >= 15 is 0 Å². The van der Waals surface area contributed by atoms with Crippen molar-refractivity contribution in [2.45, 2.75) is 6.42 Å². The van der Waals surface area contributed by atoms with Crippen molar-refractivity contribution in [3.05, 3.63) is 0 Å². The SMILES string of the molecule is COC(=O)CC(=O)Br. The first kappa shape index (κ1) is 7.62. The maximum atomic E-state index is 10.1. The Kier molecular flexibility index (Phi) is 3.43. The topological polar surface area (TPSA) is 43.4 Å². The van der Waals surface area contributed by atoms with Crippen LogP contribution in [0.15, 0.2) is 0 Å². The molecule has 0 aliphatic rings. The second-order valence-electron chi connectivity index (χ2n) is 1.11. The van der Waals surface area contributed by atoms with E-state index in [1.807, 2.05) is 0 Å². The zero-order chi connectivity index (χ0) is 6.57. The van der Waals surface area contributed by atoms with Gasteiger partial charge in [-0.05, 0) is 15.9 Å². The van der Waals surface area contributed by atoms with E-state index < -0.39 is 5.97 Å². The van der Waals surface area contributed by atoms with Crippen LogP contribution in [0, 0.1) is 0 Å². The average molecular weight is 181 g/mol. The number of rotatable bonds is 2. The lowest BCUT2D eigenvalue weighted by Crippen LogP contribution is -2.03. The summed E-state index contributed by atoms with van der Waals surface area (Å²) in [5, 5.41) is 0. The van der Waals surface area contributed by atoms with Crippen molar-refractivity contribution in [3.63, 3.8) is 0 Å². The third-order valence-corrected chi connectivity index (χ3v) is 0.791. The molecule has 0 rings (SSSR count). The highest BCUT2D eigenvalue weighted by molar-refractivity contribution is 9.18. The third-order valence-electron chi connectivity index (χ3n) is 0.511. The van der Waals surface area contributed by atoms with Crippen LogP contribution in [0.1, 0.15) is 6.42 Å². The molecule has 0 heterocycles. The van der Waals surface area contributed by atoms with E-state index in [0.29, 0.717) is 0 Å². The molecule has 0 spiro atoms. The van der Waals surface area contributed by atoms with Crippen LogP contribution >= 0.6 is 15.9 Å². The van der Waals surface area contributed by atoms with Crippen LogP contribution in [-0.4, -0.2) is 17.8 Å². The molecule has 0 aliphatic heterocycles. The van der Waals surface area contributed by atoms with E-state index in [9.17, 15) is 9.59 Å². The number of carbonyl (C=O) groups is 2. The Labute approximate surface area is 55.1 Å². The second kappa shape index (κ2) is 3.60. The predicted octanol–water partition coefficient (Wildman–Crippen LogP) is 0.471. The molecule has 0 unspecified atom stereocenters. The van der Waals surface area contributed by atoms with Crippen molar-refractivity contribution in [2.24, 2.45) is 0 Å². The van der Waals surface area contributed by atoms with Crippen molar-refractivity contribution < 1.29 is 14.3 Å². The third kappa shape index (κ3) is 3.80. The lowest BCUT2D eigenvalue weighted by Gasteiger charge is -1.89. The highest BCUT2D eigenvalue weighted by Crippen LogP contribution is 1.92. The number of hydrogen-bond donors (Lipinski definition) is 0. The van der Waals surface area contributed by atoms with E-state index in [-0.39, 0.29) is 11.1 Å². The van der Waals surface area contributed by atoms with Gasteiger partial charge in [0.15, 0.2) is 0 Å². The number of ether oxygens (including phenoxy) is 1. The van der Waals surface area contributed by atoms with Crippen molar-refractivity contribution in [3.8, 4) is 0 Å².